The number of aromatic nitrogens is 1. The van der Waals surface area contributed by atoms with Crippen molar-refractivity contribution in [3.63, 3.8) is 0 Å². The number of fused-ring (bicyclic) bond motifs is 1. The van der Waals surface area contributed by atoms with Crippen molar-refractivity contribution in [2.75, 3.05) is 7.05 Å². The first kappa shape index (κ1) is 12.6. The molecule has 0 spiro atoms. The Morgan fingerprint density at radius 3 is 2.89 bits per heavy atom. The van der Waals surface area contributed by atoms with Crippen molar-refractivity contribution < 1.29 is 8.91 Å². The monoisotopic (exact) mass is 262 g/mol. The van der Waals surface area contributed by atoms with Crippen molar-refractivity contribution in [3.8, 4) is 0 Å². The van der Waals surface area contributed by atoms with Crippen LogP contribution in [0, 0.1) is 5.82 Å². The molecule has 1 aromatic heterocycles. The normalized spacial score (nSPS) is 17.4. The summed E-state index contributed by atoms with van der Waals surface area (Å²) in [6, 6.07) is 5.25. The standard InChI is InChI=1S/C15H19FN2O/c1-18(12-5-3-2-4-6-12)10-14-13-8-7-11(16)9-15(13)19-17-14/h7-9,12H,2-6,10H2,1H3. The Kier molecular flexibility index (Phi) is 3.51. The van der Waals surface area contributed by atoms with Gasteiger partial charge in [0.25, 0.3) is 0 Å². The van der Waals surface area contributed by atoms with Crippen LogP contribution in [-0.2, 0) is 6.54 Å². The predicted molar refractivity (Wildman–Crippen MR) is 72.3 cm³/mol. The maximum atomic E-state index is 13.1. The minimum Gasteiger partial charge on any atom is -0.356 e. The molecule has 3 nitrogen and oxygen atoms in total. The van der Waals surface area contributed by atoms with Gasteiger partial charge in [0, 0.05) is 24.0 Å². The highest BCUT2D eigenvalue weighted by Gasteiger charge is 2.20. The Morgan fingerprint density at radius 1 is 1.32 bits per heavy atom. The van der Waals surface area contributed by atoms with E-state index in [0.29, 0.717) is 11.6 Å². The van der Waals surface area contributed by atoms with Crippen LogP contribution in [0.1, 0.15) is 37.8 Å². The van der Waals surface area contributed by atoms with E-state index in [2.05, 4.69) is 17.1 Å². The SMILES string of the molecule is CN(Cc1noc2cc(F)ccc12)C1CCCCC1. The molecule has 1 heterocycles. The van der Waals surface area contributed by atoms with Gasteiger partial charge in [-0.3, -0.25) is 4.90 Å². The molecule has 102 valence electrons. The smallest absolute Gasteiger partial charge is 0.170 e. The van der Waals surface area contributed by atoms with Crippen molar-refractivity contribution in [1.82, 2.24) is 10.1 Å². The van der Waals surface area contributed by atoms with Gasteiger partial charge in [-0.2, -0.15) is 0 Å². The second-order valence-corrected chi connectivity index (χ2v) is 5.48. The fourth-order valence-electron chi connectivity index (χ4n) is 2.96. The molecule has 1 aliphatic rings. The summed E-state index contributed by atoms with van der Waals surface area (Å²) in [7, 11) is 2.14. The van der Waals surface area contributed by atoms with E-state index in [4.69, 9.17) is 4.52 Å². The molecular weight excluding hydrogens is 243 g/mol. The van der Waals surface area contributed by atoms with Crippen molar-refractivity contribution in [3.05, 3.63) is 29.7 Å². The zero-order chi connectivity index (χ0) is 13.2. The lowest BCUT2D eigenvalue weighted by Crippen LogP contribution is -2.33. The third kappa shape index (κ3) is 2.63. The van der Waals surface area contributed by atoms with Crippen LogP contribution in [0.15, 0.2) is 22.7 Å². The van der Waals surface area contributed by atoms with E-state index in [1.54, 1.807) is 6.07 Å². The number of hydrogen-bond donors (Lipinski definition) is 0. The number of nitrogens with zero attached hydrogens (tertiary/aromatic N) is 2. The van der Waals surface area contributed by atoms with Gasteiger partial charge in [-0.25, -0.2) is 4.39 Å². The summed E-state index contributed by atoms with van der Waals surface area (Å²) in [4.78, 5) is 2.35. The van der Waals surface area contributed by atoms with Crippen LogP contribution in [0.2, 0.25) is 0 Å². The molecule has 4 heteroatoms. The molecule has 1 aliphatic carbocycles. The Bertz CT molecular complexity index is 560. The molecule has 0 bridgehead atoms. The molecule has 0 atom stereocenters. The van der Waals surface area contributed by atoms with Gasteiger partial charge in [0.2, 0.25) is 0 Å². The lowest BCUT2D eigenvalue weighted by molar-refractivity contribution is 0.181. The van der Waals surface area contributed by atoms with E-state index in [1.165, 1.54) is 44.2 Å². The van der Waals surface area contributed by atoms with Crippen LogP contribution in [0.25, 0.3) is 11.0 Å². The second-order valence-electron chi connectivity index (χ2n) is 5.48. The van der Waals surface area contributed by atoms with Gasteiger partial charge >= 0.3 is 0 Å². The average Bonchev–Trinajstić information content (AvgIpc) is 2.82. The van der Waals surface area contributed by atoms with Gasteiger partial charge in [0.05, 0.1) is 0 Å². The highest BCUT2D eigenvalue weighted by molar-refractivity contribution is 5.79. The third-order valence-electron chi connectivity index (χ3n) is 4.11. The minimum atomic E-state index is -0.282. The largest absolute Gasteiger partial charge is 0.356 e. The number of hydrogen-bond acceptors (Lipinski definition) is 3. The van der Waals surface area contributed by atoms with Gasteiger partial charge in [-0.15, -0.1) is 0 Å². The quantitative estimate of drug-likeness (QED) is 0.844. The molecule has 0 amide bonds. The summed E-state index contributed by atoms with van der Waals surface area (Å²) in [5.74, 6) is -0.282. The van der Waals surface area contributed by atoms with E-state index < -0.39 is 0 Å². The molecule has 0 aliphatic heterocycles. The number of halogens is 1. The summed E-state index contributed by atoms with van der Waals surface area (Å²) in [5, 5.41) is 5.01. The Balaban J connectivity index is 1.77. The van der Waals surface area contributed by atoms with Gasteiger partial charge < -0.3 is 4.52 Å². The topological polar surface area (TPSA) is 29.3 Å². The first-order chi connectivity index (χ1) is 9.24. The fraction of sp³-hybridized carbons (Fsp3) is 0.533. The molecule has 1 saturated carbocycles. The summed E-state index contributed by atoms with van der Waals surface area (Å²) in [6.45, 7) is 0.767. The molecule has 19 heavy (non-hydrogen) atoms. The molecule has 0 radical (unpaired) electrons. The van der Waals surface area contributed by atoms with Crippen LogP contribution in [0.4, 0.5) is 4.39 Å². The Hall–Kier alpha value is -1.42. The van der Waals surface area contributed by atoms with E-state index >= 15 is 0 Å². The molecule has 2 aromatic rings. The maximum Gasteiger partial charge on any atom is 0.170 e. The van der Waals surface area contributed by atoms with E-state index in [1.807, 2.05) is 0 Å². The number of rotatable bonds is 3. The van der Waals surface area contributed by atoms with E-state index in [-0.39, 0.29) is 5.82 Å². The predicted octanol–water partition coefficient (Wildman–Crippen LogP) is 3.73. The van der Waals surface area contributed by atoms with Gasteiger partial charge in [0.1, 0.15) is 11.5 Å². The summed E-state index contributed by atoms with van der Waals surface area (Å²) in [5.41, 5.74) is 1.44. The van der Waals surface area contributed by atoms with E-state index in [9.17, 15) is 4.39 Å². The van der Waals surface area contributed by atoms with Gasteiger partial charge in [0.15, 0.2) is 5.58 Å². The van der Waals surface area contributed by atoms with Crippen molar-refractivity contribution in [2.45, 2.75) is 44.7 Å². The molecule has 1 fully saturated rings. The zero-order valence-corrected chi connectivity index (χ0v) is 11.2. The fourth-order valence-corrected chi connectivity index (χ4v) is 2.96. The van der Waals surface area contributed by atoms with Crippen LogP contribution in [-0.4, -0.2) is 23.1 Å². The molecule has 1 aromatic carbocycles. The van der Waals surface area contributed by atoms with Crippen molar-refractivity contribution >= 4 is 11.0 Å². The van der Waals surface area contributed by atoms with Gasteiger partial charge in [-0.05, 0) is 32.0 Å². The summed E-state index contributed by atoms with van der Waals surface area (Å²) in [6.07, 6.45) is 6.53. The zero-order valence-electron chi connectivity index (χ0n) is 11.2. The second kappa shape index (κ2) is 5.29. The molecule has 0 saturated heterocycles. The summed E-state index contributed by atoms with van der Waals surface area (Å²) < 4.78 is 18.3. The Labute approximate surface area is 112 Å². The average molecular weight is 262 g/mol. The first-order valence-electron chi connectivity index (χ1n) is 6.98. The lowest BCUT2D eigenvalue weighted by Gasteiger charge is -2.30. The lowest BCUT2D eigenvalue weighted by atomic mass is 9.94. The minimum absolute atomic E-state index is 0.282. The van der Waals surface area contributed by atoms with Gasteiger partial charge in [-0.1, -0.05) is 24.4 Å². The van der Waals surface area contributed by atoms with Crippen LogP contribution >= 0.6 is 0 Å². The number of benzene rings is 1. The molecular formula is C15H19FN2O. The van der Waals surface area contributed by atoms with Crippen LogP contribution in [0.5, 0.6) is 0 Å². The Morgan fingerprint density at radius 2 is 2.11 bits per heavy atom. The van der Waals surface area contributed by atoms with Crippen molar-refractivity contribution in [2.24, 2.45) is 0 Å². The molecule has 0 unspecified atom stereocenters. The molecule has 3 rings (SSSR count). The van der Waals surface area contributed by atoms with Crippen molar-refractivity contribution in [1.29, 1.82) is 0 Å². The highest BCUT2D eigenvalue weighted by atomic mass is 19.1. The van der Waals surface area contributed by atoms with E-state index in [0.717, 1.165) is 17.6 Å². The maximum absolute atomic E-state index is 13.1. The highest BCUT2D eigenvalue weighted by Crippen LogP contribution is 2.25. The first-order valence-corrected chi connectivity index (χ1v) is 6.98. The third-order valence-corrected chi connectivity index (χ3v) is 4.11. The summed E-state index contributed by atoms with van der Waals surface area (Å²) >= 11 is 0. The van der Waals surface area contributed by atoms with Crippen LogP contribution < -0.4 is 0 Å². The van der Waals surface area contributed by atoms with Crippen LogP contribution in [0.3, 0.4) is 0 Å². The molecule has 0 N–H and O–H groups in total.